The van der Waals surface area contributed by atoms with E-state index in [0.717, 1.165) is 5.57 Å². The van der Waals surface area contributed by atoms with Crippen molar-refractivity contribution in [3.63, 3.8) is 0 Å². The summed E-state index contributed by atoms with van der Waals surface area (Å²) in [5.74, 6) is -0.916. The SMILES string of the molecule is C=CC(=C)C.C=Cc1ccccc1C(=O)O. The summed E-state index contributed by atoms with van der Waals surface area (Å²) in [4.78, 5) is 10.5. The van der Waals surface area contributed by atoms with Crippen molar-refractivity contribution in [2.24, 2.45) is 0 Å². The molecular weight excluding hydrogens is 200 g/mol. The summed E-state index contributed by atoms with van der Waals surface area (Å²) in [5.41, 5.74) is 1.97. The van der Waals surface area contributed by atoms with Crippen molar-refractivity contribution in [1.29, 1.82) is 0 Å². The lowest BCUT2D eigenvalue weighted by Gasteiger charge is -1.97. The van der Waals surface area contributed by atoms with Crippen molar-refractivity contribution >= 4 is 12.0 Å². The second kappa shape index (κ2) is 7.23. The van der Waals surface area contributed by atoms with Gasteiger partial charge in [-0.15, -0.1) is 0 Å². The van der Waals surface area contributed by atoms with Gasteiger partial charge in [-0.25, -0.2) is 4.79 Å². The van der Waals surface area contributed by atoms with Crippen molar-refractivity contribution in [3.05, 3.63) is 66.8 Å². The number of carbonyl (C=O) groups is 1. The van der Waals surface area contributed by atoms with E-state index in [4.69, 9.17) is 5.11 Å². The molecule has 0 aromatic heterocycles. The maximum Gasteiger partial charge on any atom is 0.336 e. The fraction of sp³-hybridized carbons (Fsp3) is 0.0714. The Labute approximate surface area is 96.2 Å². The largest absolute Gasteiger partial charge is 0.478 e. The molecule has 0 heterocycles. The van der Waals surface area contributed by atoms with E-state index in [1.54, 1.807) is 30.3 Å². The number of hydrogen-bond acceptors (Lipinski definition) is 1. The lowest BCUT2D eigenvalue weighted by Crippen LogP contribution is -1.98. The molecule has 16 heavy (non-hydrogen) atoms. The van der Waals surface area contributed by atoms with Crippen molar-refractivity contribution in [2.75, 3.05) is 0 Å². The molecule has 0 aliphatic carbocycles. The fourth-order valence-electron chi connectivity index (χ4n) is 0.870. The Kier molecular flexibility index (Phi) is 6.29. The first-order valence-corrected chi connectivity index (χ1v) is 4.75. The van der Waals surface area contributed by atoms with E-state index in [0.29, 0.717) is 11.1 Å². The molecule has 0 aliphatic heterocycles. The van der Waals surface area contributed by atoms with Crippen LogP contribution in [0.25, 0.3) is 6.08 Å². The Balaban J connectivity index is 0.000000385. The van der Waals surface area contributed by atoms with Crippen LogP contribution >= 0.6 is 0 Å². The van der Waals surface area contributed by atoms with Gasteiger partial charge in [0.15, 0.2) is 0 Å². The van der Waals surface area contributed by atoms with Crippen LogP contribution in [0.3, 0.4) is 0 Å². The van der Waals surface area contributed by atoms with Crippen molar-refractivity contribution < 1.29 is 9.90 Å². The van der Waals surface area contributed by atoms with E-state index in [9.17, 15) is 4.79 Å². The molecule has 0 atom stereocenters. The van der Waals surface area contributed by atoms with Crippen LogP contribution in [0.2, 0.25) is 0 Å². The zero-order valence-electron chi connectivity index (χ0n) is 9.44. The van der Waals surface area contributed by atoms with Gasteiger partial charge in [0.05, 0.1) is 5.56 Å². The minimum absolute atomic E-state index is 0.294. The summed E-state index contributed by atoms with van der Waals surface area (Å²) in [6, 6.07) is 6.75. The fourth-order valence-corrected chi connectivity index (χ4v) is 0.870. The van der Waals surface area contributed by atoms with Crippen LogP contribution in [-0.4, -0.2) is 11.1 Å². The maximum absolute atomic E-state index is 10.5. The average Bonchev–Trinajstić information content (AvgIpc) is 2.29. The quantitative estimate of drug-likeness (QED) is 0.781. The van der Waals surface area contributed by atoms with Gasteiger partial charge in [-0.2, -0.15) is 0 Å². The van der Waals surface area contributed by atoms with Gasteiger partial charge in [0.2, 0.25) is 0 Å². The number of rotatable bonds is 3. The molecule has 0 bridgehead atoms. The lowest BCUT2D eigenvalue weighted by atomic mass is 10.1. The molecule has 2 heteroatoms. The van der Waals surface area contributed by atoms with Gasteiger partial charge in [-0.1, -0.05) is 55.7 Å². The smallest absolute Gasteiger partial charge is 0.336 e. The summed E-state index contributed by atoms with van der Waals surface area (Å²) in [5, 5.41) is 8.65. The Morgan fingerprint density at radius 3 is 2.12 bits per heavy atom. The number of aromatic carboxylic acids is 1. The summed E-state index contributed by atoms with van der Waals surface area (Å²) < 4.78 is 0. The van der Waals surface area contributed by atoms with Crippen LogP contribution in [-0.2, 0) is 0 Å². The molecule has 0 radical (unpaired) electrons. The predicted octanol–water partition coefficient (Wildman–Crippen LogP) is 3.78. The van der Waals surface area contributed by atoms with E-state index in [1.165, 1.54) is 6.08 Å². The molecule has 1 aromatic carbocycles. The first-order valence-electron chi connectivity index (χ1n) is 4.75. The molecule has 0 aliphatic rings. The predicted molar refractivity (Wildman–Crippen MR) is 68.5 cm³/mol. The highest BCUT2D eigenvalue weighted by atomic mass is 16.4. The van der Waals surface area contributed by atoms with E-state index in [1.807, 2.05) is 6.92 Å². The second-order valence-electron chi connectivity index (χ2n) is 3.15. The summed E-state index contributed by atoms with van der Waals surface area (Å²) in [6.45, 7) is 12.4. The van der Waals surface area contributed by atoms with E-state index < -0.39 is 5.97 Å². The highest BCUT2D eigenvalue weighted by Crippen LogP contribution is 2.08. The van der Waals surface area contributed by atoms with Gasteiger partial charge in [0, 0.05) is 0 Å². The molecule has 0 fully saturated rings. The van der Waals surface area contributed by atoms with Crippen molar-refractivity contribution in [2.45, 2.75) is 6.92 Å². The zero-order chi connectivity index (χ0) is 12.6. The summed E-state index contributed by atoms with van der Waals surface area (Å²) in [7, 11) is 0. The van der Waals surface area contributed by atoms with Gasteiger partial charge in [-0.3, -0.25) is 0 Å². The average molecular weight is 216 g/mol. The zero-order valence-corrected chi connectivity index (χ0v) is 9.44. The van der Waals surface area contributed by atoms with E-state index in [-0.39, 0.29) is 0 Å². The molecule has 84 valence electrons. The first-order chi connectivity index (χ1) is 7.52. The molecule has 1 aromatic rings. The minimum Gasteiger partial charge on any atom is -0.478 e. The normalized spacial score (nSPS) is 8.31. The first kappa shape index (κ1) is 13.9. The number of allylic oxidation sites excluding steroid dienone is 2. The van der Waals surface area contributed by atoms with Crippen molar-refractivity contribution in [3.8, 4) is 0 Å². The Bertz CT molecular complexity index is 403. The van der Waals surface area contributed by atoms with E-state index in [2.05, 4.69) is 19.7 Å². The number of benzene rings is 1. The molecule has 0 unspecified atom stereocenters. The topological polar surface area (TPSA) is 37.3 Å². The van der Waals surface area contributed by atoms with Gasteiger partial charge in [0.1, 0.15) is 0 Å². The third kappa shape index (κ3) is 4.96. The molecule has 0 saturated heterocycles. The number of carboxylic acid groups (broad SMARTS) is 1. The van der Waals surface area contributed by atoms with Crippen LogP contribution in [0.1, 0.15) is 22.8 Å². The summed E-state index contributed by atoms with van der Waals surface area (Å²) >= 11 is 0. The van der Waals surface area contributed by atoms with Crippen molar-refractivity contribution in [1.82, 2.24) is 0 Å². The molecule has 2 nitrogen and oxygen atoms in total. The molecule has 1 rings (SSSR count). The van der Waals surface area contributed by atoms with Gasteiger partial charge in [0.25, 0.3) is 0 Å². The van der Waals surface area contributed by atoms with Crippen LogP contribution in [0.15, 0.2) is 55.7 Å². The maximum atomic E-state index is 10.5. The third-order valence-electron chi connectivity index (χ3n) is 1.76. The monoisotopic (exact) mass is 216 g/mol. The van der Waals surface area contributed by atoms with Gasteiger partial charge < -0.3 is 5.11 Å². The van der Waals surface area contributed by atoms with Gasteiger partial charge in [-0.05, 0) is 18.6 Å². The standard InChI is InChI=1S/C9H8O2.C5H8/c1-2-7-5-3-4-6-8(7)9(10)11;1-4-5(2)3/h2-6H,1H2,(H,10,11);4H,1-2H2,3H3. The molecule has 0 saturated carbocycles. The third-order valence-corrected chi connectivity index (χ3v) is 1.76. The molecular formula is C14H16O2. The molecule has 1 N–H and O–H groups in total. The summed E-state index contributed by atoms with van der Waals surface area (Å²) in [6.07, 6.45) is 3.25. The number of hydrogen-bond donors (Lipinski definition) is 1. The highest BCUT2D eigenvalue weighted by molar-refractivity contribution is 5.91. The highest BCUT2D eigenvalue weighted by Gasteiger charge is 2.04. The number of carboxylic acids is 1. The van der Waals surface area contributed by atoms with Gasteiger partial charge >= 0.3 is 5.97 Å². The Morgan fingerprint density at radius 1 is 1.31 bits per heavy atom. The molecule has 0 spiro atoms. The Hall–Kier alpha value is -2.09. The lowest BCUT2D eigenvalue weighted by molar-refractivity contribution is 0.0696. The van der Waals surface area contributed by atoms with Crippen LogP contribution < -0.4 is 0 Å². The molecule has 0 amide bonds. The minimum atomic E-state index is -0.916. The van der Waals surface area contributed by atoms with Crippen LogP contribution in [0.5, 0.6) is 0 Å². The van der Waals surface area contributed by atoms with E-state index >= 15 is 0 Å². The van der Waals surface area contributed by atoms with Crippen LogP contribution in [0, 0.1) is 0 Å². The second-order valence-corrected chi connectivity index (χ2v) is 3.15. The van der Waals surface area contributed by atoms with Crippen LogP contribution in [0.4, 0.5) is 0 Å². The Morgan fingerprint density at radius 2 is 1.81 bits per heavy atom.